The lowest BCUT2D eigenvalue weighted by atomic mass is 9.77. The molecule has 4 nitrogen and oxygen atoms in total. The molecule has 0 spiro atoms. The zero-order valence-corrected chi connectivity index (χ0v) is 18.8. The van der Waals surface area contributed by atoms with Gasteiger partial charge in [0.25, 0.3) is 0 Å². The Labute approximate surface area is 192 Å². The van der Waals surface area contributed by atoms with E-state index >= 15 is 0 Å². The van der Waals surface area contributed by atoms with Crippen LogP contribution in [0.1, 0.15) is 43.2 Å². The highest BCUT2D eigenvalue weighted by molar-refractivity contribution is 6.31. The summed E-state index contributed by atoms with van der Waals surface area (Å²) in [7, 11) is 0. The van der Waals surface area contributed by atoms with E-state index in [0.717, 1.165) is 71.6 Å². The van der Waals surface area contributed by atoms with Crippen LogP contribution in [0, 0.1) is 0 Å². The van der Waals surface area contributed by atoms with Crippen LogP contribution in [-0.4, -0.2) is 16.5 Å². The highest BCUT2D eigenvalue weighted by atomic mass is 35.5. The molecule has 0 bridgehead atoms. The second kappa shape index (κ2) is 9.49. The molecule has 4 rings (SSSR count). The maximum Gasteiger partial charge on any atom is 0.0720 e. The summed E-state index contributed by atoms with van der Waals surface area (Å²) in [4.78, 5) is 9.04. The minimum Gasteiger partial charge on any atom is -0.330 e. The summed E-state index contributed by atoms with van der Waals surface area (Å²) in [5.41, 5.74) is 16.0. The van der Waals surface area contributed by atoms with Crippen molar-refractivity contribution in [3.63, 3.8) is 0 Å². The van der Waals surface area contributed by atoms with Gasteiger partial charge in [0, 0.05) is 33.2 Å². The van der Waals surface area contributed by atoms with Crippen LogP contribution in [0.2, 0.25) is 10.0 Å². The largest absolute Gasteiger partial charge is 0.330 e. The first-order chi connectivity index (χ1) is 15.0. The molecule has 160 valence electrons. The van der Waals surface area contributed by atoms with Gasteiger partial charge in [0.1, 0.15) is 0 Å². The Kier molecular flexibility index (Phi) is 6.73. The predicted molar refractivity (Wildman–Crippen MR) is 131 cm³/mol. The third-order valence-corrected chi connectivity index (χ3v) is 6.37. The average molecular weight is 453 g/mol. The maximum atomic E-state index is 7.32. The Morgan fingerprint density at radius 1 is 0.710 bits per heavy atom. The molecule has 0 fully saturated rings. The van der Waals surface area contributed by atoms with E-state index in [4.69, 9.17) is 34.7 Å². The number of nitrogens with zero attached hydrogens (tertiary/aromatic N) is 2. The fraction of sp³-hybridized carbons (Fsp3) is 0.280. The molecule has 0 aliphatic rings. The first-order valence-electron chi connectivity index (χ1n) is 10.6. The Bertz CT molecular complexity index is 1120. The highest BCUT2D eigenvalue weighted by Crippen LogP contribution is 2.39. The van der Waals surface area contributed by atoms with Gasteiger partial charge in [0.15, 0.2) is 0 Å². The van der Waals surface area contributed by atoms with Crippen molar-refractivity contribution in [2.75, 3.05) is 6.54 Å². The van der Waals surface area contributed by atoms with E-state index in [1.165, 1.54) is 0 Å². The van der Waals surface area contributed by atoms with E-state index in [2.05, 4.69) is 9.97 Å². The van der Waals surface area contributed by atoms with Gasteiger partial charge in [-0.1, -0.05) is 54.6 Å². The standard InChI is InChI=1S/C25H26Cl2N4/c26-17-5-7-19-21(9-13-30-23(19)15-17)25(29,11-3-1-2-4-12-28)22-10-14-31-24-16-18(27)6-8-20(22)24/h5-10,13-16H,1-4,11-12,28-29H2. The molecule has 0 unspecified atom stereocenters. The summed E-state index contributed by atoms with van der Waals surface area (Å²) in [6, 6.07) is 15.6. The lowest BCUT2D eigenvalue weighted by molar-refractivity contribution is 0.460. The first-order valence-corrected chi connectivity index (χ1v) is 11.4. The van der Waals surface area contributed by atoms with E-state index < -0.39 is 5.54 Å². The summed E-state index contributed by atoms with van der Waals surface area (Å²) in [6.45, 7) is 0.721. The molecule has 0 amide bonds. The summed E-state index contributed by atoms with van der Waals surface area (Å²) >= 11 is 12.5. The van der Waals surface area contributed by atoms with Crippen LogP contribution in [0.15, 0.2) is 60.9 Å². The summed E-state index contributed by atoms with van der Waals surface area (Å²) in [5.74, 6) is 0. The number of aromatic nitrogens is 2. The highest BCUT2D eigenvalue weighted by Gasteiger charge is 2.32. The van der Waals surface area contributed by atoms with Crippen LogP contribution in [-0.2, 0) is 5.54 Å². The summed E-state index contributed by atoms with van der Waals surface area (Å²) < 4.78 is 0. The lowest BCUT2D eigenvalue weighted by Crippen LogP contribution is -2.38. The topological polar surface area (TPSA) is 77.8 Å². The van der Waals surface area contributed by atoms with Gasteiger partial charge in [0.2, 0.25) is 0 Å². The van der Waals surface area contributed by atoms with E-state index in [1.54, 1.807) is 0 Å². The van der Waals surface area contributed by atoms with E-state index in [9.17, 15) is 0 Å². The first kappa shape index (κ1) is 22.0. The Morgan fingerprint density at radius 2 is 1.23 bits per heavy atom. The van der Waals surface area contributed by atoms with Crippen LogP contribution in [0.25, 0.3) is 21.8 Å². The number of fused-ring (bicyclic) bond motifs is 2. The Balaban J connectivity index is 1.87. The van der Waals surface area contributed by atoms with Crippen LogP contribution in [0.5, 0.6) is 0 Å². The molecule has 2 aromatic carbocycles. The molecule has 31 heavy (non-hydrogen) atoms. The molecule has 4 aromatic rings. The number of halogens is 2. The smallest absolute Gasteiger partial charge is 0.0720 e. The van der Waals surface area contributed by atoms with Crippen molar-refractivity contribution in [1.82, 2.24) is 9.97 Å². The number of rotatable bonds is 8. The average Bonchev–Trinajstić information content (AvgIpc) is 2.77. The second-order valence-electron chi connectivity index (χ2n) is 7.96. The maximum absolute atomic E-state index is 7.32. The molecule has 0 atom stereocenters. The molecular weight excluding hydrogens is 427 g/mol. The van der Waals surface area contributed by atoms with Crippen molar-refractivity contribution < 1.29 is 0 Å². The molecule has 0 saturated heterocycles. The number of hydrogen-bond acceptors (Lipinski definition) is 4. The molecule has 0 saturated carbocycles. The lowest BCUT2D eigenvalue weighted by Gasteiger charge is -2.33. The van der Waals surface area contributed by atoms with E-state index in [0.29, 0.717) is 10.0 Å². The molecule has 0 aliphatic heterocycles. The zero-order valence-electron chi connectivity index (χ0n) is 17.3. The normalized spacial score (nSPS) is 12.0. The molecule has 0 radical (unpaired) electrons. The van der Waals surface area contributed by atoms with Crippen molar-refractivity contribution in [1.29, 1.82) is 0 Å². The van der Waals surface area contributed by atoms with Crippen molar-refractivity contribution >= 4 is 45.0 Å². The van der Waals surface area contributed by atoms with Crippen LogP contribution >= 0.6 is 23.2 Å². The number of benzene rings is 2. The van der Waals surface area contributed by atoms with Gasteiger partial charge in [-0.3, -0.25) is 9.97 Å². The minimum absolute atomic E-state index is 0.658. The third kappa shape index (κ3) is 4.53. The Hall–Kier alpha value is -2.24. The molecule has 2 aromatic heterocycles. The number of pyridine rings is 2. The molecule has 4 N–H and O–H groups in total. The predicted octanol–water partition coefficient (Wildman–Crippen LogP) is 6.20. The molecule has 2 heterocycles. The summed E-state index contributed by atoms with van der Waals surface area (Å²) in [5, 5.41) is 3.33. The number of hydrogen-bond donors (Lipinski definition) is 2. The minimum atomic E-state index is -0.716. The van der Waals surface area contributed by atoms with E-state index in [-0.39, 0.29) is 0 Å². The second-order valence-corrected chi connectivity index (χ2v) is 8.84. The van der Waals surface area contributed by atoms with Crippen LogP contribution in [0.4, 0.5) is 0 Å². The third-order valence-electron chi connectivity index (χ3n) is 5.90. The van der Waals surface area contributed by atoms with Gasteiger partial charge in [-0.05, 0) is 66.9 Å². The van der Waals surface area contributed by atoms with Gasteiger partial charge >= 0.3 is 0 Å². The number of nitrogens with two attached hydrogens (primary N) is 2. The molecular formula is C25H26Cl2N4. The van der Waals surface area contributed by atoms with Crippen molar-refractivity contribution in [2.45, 2.75) is 37.6 Å². The van der Waals surface area contributed by atoms with Gasteiger partial charge in [0.05, 0.1) is 16.6 Å². The van der Waals surface area contributed by atoms with Crippen LogP contribution in [0.3, 0.4) is 0 Å². The summed E-state index contributed by atoms with van der Waals surface area (Å²) in [6.07, 6.45) is 8.62. The van der Waals surface area contributed by atoms with Gasteiger partial charge < -0.3 is 11.5 Å². The fourth-order valence-electron chi connectivity index (χ4n) is 4.34. The van der Waals surface area contributed by atoms with Crippen molar-refractivity contribution in [2.24, 2.45) is 11.5 Å². The Morgan fingerprint density at radius 3 is 1.74 bits per heavy atom. The molecule has 0 aliphatic carbocycles. The van der Waals surface area contributed by atoms with E-state index in [1.807, 2.05) is 60.9 Å². The monoisotopic (exact) mass is 452 g/mol. The number of unbranched alkanes of at least 4 members (excludes halogenated alkanes) is 3. The van der Waals surface area contributed by atoms with Crippen molar-refractivity contribution in [3.05, 3.63) is 82.1 Å². The zero-order chi connectivity index (χ0) is 21.8. The van der Waals surface area contributed by atoms with Crippen molar-refractivity contribution in [3.8, 4) is 0 Å². The van der Waals surface area contributed by atoms with Crippen LogP contribution < -0.4 is 11.5 Å². The van der Waals surface area contributed by atoms with Gasteiger partial charge in [-0.15, -0.1) is 0 Å². The quantitative estimate of drug-likeness (QED) is 0.311. The SMILES string of the molecule is NCCCCCCC(N)(c1ccnc2cc(Cl)ccc12)c1ccnc2cc(Cl)ccc12. The fourth-order valence-corrected chi connectivity index (χ4v) is 4.67. The van der Waals surface area contributed by atoms with Gasteiger partial charge in [-0.25, -0.2) is 0 Å². The molecule has 6 heteroatoms. The van der Waals surface area contributed by atoms with Gasteiger partial charge in [-0.2, -0.15) is 0 Å².